The third-order valence-electron chi connectivity index (χ3n) is 4.63. The largest absolute Gasteiger partial charge is 0.385 e. The van der Waals surface area contributed by atoms with E-state index in [1.165, 1.54) is 0 Å². The summed E-state index contributed by atoms with van der Waals surface area (Å²) in [5, 5.41) is 3.20. The Hall–Kier alpha value is -2.54. The first-order valence-electron chi connectivity index (χ1n) is 8.53. The van der Waals surface area contributed by atoms with Gasteiger partial charge in [0.05, 0.1) is 23.6 Å². The lowest BCUT2D eigenvalue weighted by Crippen LogP contribution is -2.47. The number of nitrogens with zero attached hydrogens (tertiary/aromatic N) is 1. The third-order valence-corrected chi connectivity index (χ3v) is 4.63. The highest BCUT2D eigenvalue weighted by Gasteiger charge is 2.44. The van der Waals surface area contributed by atoms with Gasteiger partial charge in [-0.1, -0.05) is 0 Å². The van der Waals surface area contributed by atoms with Crippen molar-refractivity contribution >= 4 is 29.1 Å². The summed E-state index contributed by atoms with van der Waals surface area (Å²) in [5.41, 5.74) is 6.82. The molecule has 25 heavy (non-hydrogen) atoms. The quantitative estimate of drug-likeness (QED) is 0.455. The first-order chi connectivity index (χ1) is 12.0. The van der Waals surface area contributed by atoms with Gasteiger partial charge in [-0.15, -0.1) is 0 Å². The second-order valence-corrected chi connectivity index (χ2v) is 6.40. The van der Waals surface area contributed by atoms with E-state index in [1.807, 2.05) is 0 Å². The van der Waals surface area contributed by atoms with Crippen LogP contribution in [0.25, 0.3) is 0 Å². The Bertz CT molecular complexity index is 744. The number of hydrogen-bond acceptors (Lipinski definition) is 6. The smallest absolute Gasteiger partial charge is 0.262 e. The predicted octanol–water partition coefficient (Wildman–Crippen LogP) is 1.12. The van der Waals surface area contributed by atoms with Crippen LogP contribution in [-0.2, 0) is 9.59 Å². The van der Waals surface area contributed by atoms with Gasteiger partial charge in [0.15, 0.2) is 5.78 Å². The number of fused-ring (bicyclic) bond motifs is 1. The number of carbonyl (C=O) groups is 4. The van der Waals surface area contributed by atoms with Crippen molar-refractivity contribution in [2.24, 2.45) is 5.73 Å². The topological polar surface area (TPSA) is 110 Å². The Morgan fingerprint density at radius 2 is 1.84 bits per heavy atom. The van der Waals surface area contributed by atoms with Crippen molar-refractivity contribution in [1.29, 1.82) is 0 Å². The zero-order valence-electron chi connectivity index (χ0n) is 13.9. The molecule has 2 amide bonds. The van der Waals surface area contributed by atoms with Crippen LogP contribution in [0.2, 0.25) is 0 Å². The number of carbonyl (C=O) groups excluding carboxylic acids is 4. The Morgan fingerprint density at radius 3 is 2.56 bits per heavy atom. The van der Waals surface area contributed by atoms with Gasteiger partial charge >= 0.3 is 0 Å². The van der Waals surface area contributed by atoms with E-state index in [4.69, 9.17) is 5.73 Å². The normalized spacial score (nSPS) is 20.2. The Kier molecular flexibility index (Phi) is 4.94. The molecule has 1 unspecified atom stereocenters. The van der Waals surface area contributed by atoms with Crippen LogP contribution >= 0.6 is 0 Å². The summed E-state index contributed by atoms with van der Waals surface area (Å²) in [7, 11) is 0. The van der Waals surface area contributed by atoms with E-state index < -0.39 is 17.9 Å². The van der Waals surface area contributed by atoms with Crippen LogP contribution < -0.4 is 11.1 Å². The van der Waals surface area contributed by atoms with E-state index >= 15 is 0 Å². The molecule has 0 aromatic heterocycles. The minimum atomic E-state index is -0.828. The maximum Gasteiger partial charge on any atom is 0.262 e. The maximum atomic E-state index is 12.7. The van der Waals surface area contributed by atoms with Crippen molar-refractivity contribution in [3.8, 4) is 0 Å². The molecule has 1 saturated carbocycles. The van der Waals surface area contributed by atoms with E-state index in [0.29, 0.717) is 17.7 Å². The number of hydrogen-bond donors (Lipinski definition) is 2. The first kappa shape index (κ1) is 17.3. The molecule has 3 N–H and O–H groups in total. The maximum absolute atomic E-state index is 12.7. The van der Waals surface area contributed by atoms with E-state index in [9.17, 15) is 19.2 Å². The van der Waals surface area contributed by atoms with Gasteiger partial charge in [0, 0.05) is 18.7 Å². The molecule has 1 aliphatic carbocycles. The minimum absolute atomic E-state index is 0.137. The molecule has 0 spiro atoms. The van der Waals surface area contributed by atoms with Gasteiger partial charge in [0.2, 0.25) is 0 Å². The summed E-state index contributed by atoms with van der Waals surface area (Å²) in [4.78, 5) is 49.8. The number of ketones is 2. The molecule has 0 radical (unpaired) electrons. The van der Waals surface area contributed by atoms with Gasteiger partial charge in [0.1, 0.15) is 5.78 Å². The van der Waals surface area contributed by atoms with Crippen LogP contribution in [0.3, 0.4) is 0 Å². The number of anilines is 1. The number of unbranched alkanes of at least 4 members (excludes halogenated alkanes) is 1. The van der Waals surface area contributed by atoms with Crippen LogP contribution in [0.15, 0.2) is 18.2 Å². The summed E-state index contributed by atoms with van der Waals surface area (Å²) < 4.78 is 0. The molecular weight excluding hydrogens is 322 g/mol. The highest BCUT2D eigenvalue weighted by atomic mass is 16.2. The van der Waals surface area contributed by atoms with Crippen molar-refractivity contribution < 1.29 is 19.2 Å². The van der Waals surface area contributed by atoms with Crippen LogP contribution in [-0.4, -0.2) is 47.4 Å². The Balaban J connectivity index is 1.77. The number of Topliss-reactive ketones (excluding diaryl/α,β-unsaturated/α-hetero) is 2. The van der Waals surface area contributed by atoms with E-state index in [2.05, 4.69) is 5.32 Å². The predicted molar refractivity (Wildman–Crippen MR) is 91.4 cm³/mol. The molecule has 1 aliphatic heterocycles. The standard InChI is InChI=1S/C18H21N3O4/c19-7-1-2-8-20-11-3-5-13-14(9-11)18(25)21(17(13)24)15-6-4-12(22)10-16(15)23/h3,5,9,15,20H,1-2,4,6-8,10,19H2. The average Bonchev–Trinajstić information content (AvgIpc) is 2.83. The van der Waals surface area contributed by atoms with Crippen LogP contribution in [0, 0.1) is 0 Å². The molecule has 7 nitrogen and oxygen atoms in total. The highest BCUT2D eigenvalue weighted by molar-refractivity contribution is 6.24. The molecule has 1 atom stereocenters. The zero-order chi connectivity index (χ0) is 18.0. The average molecular weight is 343 g/mol. The fourth-order valence-corrected chi connectivity index (χ4v) is 3.29. The summed E-state index contributed by atoms with van der Waals surface area (Å²) in [6.07, 6.45) is 2.06. The molecule has 132 valence electrons. The molecule has 1 aromatic carbocycles. The number of amides is 2. The van der Waals surface area contributed by atoms with Gasteiger partial charge in [0.25, 0.3) is 11.8 Å². The summed E-state index contributed by atoms with van der Waals surface area (Å²) in [6.45, 7) is 1.36. The lowest BCUT2D eigenvalue weighted by molar-refractivity contribution is -0.132. The number of nitrogens with one attached hydrogen (secondary N) is 1. The van der Waals surface area contributed by atoms with Crippen molar-refractivity contribution in [3.05, 3.63) is 29.3 Å². The van der Waals surface area contributed by atoms with Gasteiger partial charge in [-0.2, -0.15) is 0 Å². The lowest BCUT2D eigenvalue weighted by Gasteiger charge is -2.27. The lowest BCUT2D eigenvalue weighted by atomic mass is 9.92. The van der Waals surface area contributed by atoms with E-state index in [1.54, 1.807) is 18.2 Å². The number of nitrogens with two attached hydrogens (primary N) is 1. The van der Waals surface area contributed by atoms with Crippen LogP contribution in [0.1, 0.15) is 52.8 Å². The molecule has 0 saturated heterocycles. The second-order valence-electron chi connectivity index (χ2n) is 6.40. The number of imide groups is 1. The Labute approximate surface area is 145 Å². The molecule has 1 aromatic rings. The molecule has 0 bridgehead atoms. The fourth-order valence-electron chi connectivity index (χ4n) is 3.29. The van der Waals surface area contributed by atoms with Crippen molar-refractivity contribution in [2.75, 3.05) is 18.4 Å². The van der Waals surface area contributed by atoms with Crippen molar-refractivity contribution in [2.45, 2.75) is 38.1 Å². The Morgan fingerprint density at radius 1 is 1.08 bits per heavy atom. The van der Waals surface area contributed by atoms with Crippen LogP contribution in [0.4, 0.5) is 5.69 Å². The van der Waals surface area contributed by atoms with Crippen LogP contribution in [0.5, 0.6) is 0 Å². The van der Waals surface area contributed by atoms with Crippen molar-refractivity contribution in [3.63, 3.8) is 0 Å². The molecule has 7 heteroatoms. The summed E-state index contributed by atoms with van der Waals surface area (Å²) in [6, 6.07) is 4.18. The number of rotatable bonds is 6. The molecule has 3 rings (SSSR count). The second kappa shape index (κ2) is 7.14. The molecule has 1 heterocycles. The third kappa shape index (κ3) is 3.32. The minimum Gasteiger partial charge on any atom is -0.385 e. The molecule has 1 fully saturated rings. The van der Waals surface area contributed by atoms with Gasteiger partial charge < -0.3 is 11.1 Å². The summed E-state index contributed by atoms with van der Waals surface area (Å²) in [5.74, 6) is -1.41. The van der Waals surface area contributed by atoms with Gasteiger partial charge in [-0.3, -0.25) is 24.1 Å². The van der Waals surface area contributed by atoms with E-state index in [0.717, 1.165) is 30.0 Å². The molecule has 2 aliphatic rings. The van der Waals surface area contributed by atoms with Gasteiger partial charge in [-0.05, 0) is 44.0 Å². The fraction of sp³-hybridized carbons (Fsp3) is 0.444. The highest BCUT2D eigenvalue weighted by Crippen LogP contribution is 2.30. The van der Waals surface area contributed by atoms with E-state index in [-0.39, 0.29) is 30.8 Å². The number of benzene rings is 1. The zero-order valence-corrected chi connectivity index (χ0v) is 13.9. The first-order valence-corrected chi connectivity index (χ1v) is 8.53. The molecular formula is C18H21N3O4. The van der Waals surface area contributed by atoms with Gasteiger partial charge in [-0.25, -0.2) is 0 Å². The van der Waals surface area contributed by atoms with Crippen molar-refractivity contribution in [1.82, 2.24) is 4.90 Å². The summed E-state index contributed by atoms with van der Waals surface area (Å²) >= 11 is 0. The monoisotopic (exact) mass is 343 g/mol. The SMILES string of the molecule is NCCCCNc1ccc2c(c1)C(=O)N(C1CCC(=O)CC1=O)C2=O.